The van der Waals surface area contributed by atoms with Gasteiger partial charge in [0.15, 0.2) is 8.07 Å². The Morgan fingerprint density at radius 1 is 0.316 bits per heavy atom. The minimum absolute atomic E-state index is 0.789. The van der Waals surface area contributed by atoms with Crippen molar-refractivity contribution in [2.45, 2.75) is 13.8 Å². The van der Waals surface area contributed by atoms with Gasteiger partial charge < -0.3 is 0 Å². The molecule has 5 aliphatic rings. The zero-order chi connectivity index (χ0) is 38.4. The van der Waals surface area contributed by atoms with Crippen molar-refractivity contribution in [1.82, 2.24) is 0 Å². The molecule has 0 bridgehead atoms. The first kappa shape index (κ1) is 34.3. The summed E-state index contributed by atoms with van der Waals surface area (Å²) < 4.78 is 0. The highest BCUT2D eigenvalue weighted by Gasteiger charge is 2.51. The maximum atomic E-state index is 8.03. The molecule has 0 fully saturated rings. The molecule has 0 saturated carbocycles. The summed E-state index contributed by atoms with van der Waals surface area (Å²) in [5.74, 6) is 0. The second-order valence-corrected chi connectivity index (χ2v) is 19.9. The lowest BCUT2D eigenvalue weighted by atomic mass is 9.95. The fourth-order valence-electron chi connectivity index (χ4n) is 10.2. The van der Waals surface area contributed by atoms with E-state index in [0.29, 0.717) is 0 Å². The molecule has 11 rings (SSSR count). The van der Waals surface area contributed by atoms with E-state index in [1.165, 1.54) is 76.4 Å². The highest BCUT2D eigenvalue weighted by Crippen LogP contribution is 2.47. The Labute approximate surface area is 344 Å². The minimum atomic E-state index is -3.18. The molecule has 270 valence electrons. The van der Waals surface area contributed by atoms with Crippen LogP contribution in [0.3, 0.4) is 0 Å². The Morgan fingerprint density at radius 3 is 1.12 bits per heavy atom. The molecule has 1 heterocycles. The Hall–Kier alpha value is -5.96. The van der Waals surface area contributed by atoms with Crippen LogP contribution in [0.1, 0.15) is 11.1 Å². The maximum absolute atomic E-state index is 8.03. The summed E-state index contributed by atoms with van der Waals surface area (Å²) in [6.07, 6.45) is 0. The van der Waals surface area contributed by atoms with Crippen LogP contribution in [0.4, 0.5) is 0 Å². The molecule has 0 spiro atoms. The number of fused-ring (bicyclic) bond motifs is 7. The van der Waals surface area contributed by atoms with Gasteiger partial charge in [0.2, 0.25) is 0 Å². The zero-order valence-corrected chi connectivity index (χ0v) is 34.1. The lowest BCUT2D eigenvalue weighted by molar-refractivity contribution is 1.54. The molecule has 0 aromatic heterocycles. The van der Waals surface area contributed by atoms with E-state index in [0.717, 1.165) is 42.7 Å². The van der Waals surface area contributed by atoms with Crippen molar-refractivity contribution in [3.05, 3.63) is 203 Å². The lowest BCUT2D eigenvalue weighted by Gasteiger charge is -2.32. The van der Waals surface area contributed by atoms with Gasteiger partial charge in [-0.15, -0.1) is 0 Å². The predicted molar refractivity (Wildman–Crippen MR) is 248 cm³/mol. The molecule has 6 aromatic rings. The number of halogens is 2. The summed E-state index contributed by atoms with van der Waals surface area (Å²) in [4.78, 5) is 0. The first-order valence-corrected chi connectivity index (χ1v) is 22.3. The third-order valence-corrected chi connectivity index (χ3v) is 18.6. The van der Waals surface area contributed by atoms with E-state index in [4.69, 9.17) is 23.2 Å². The SMILES string of the molecule is Cc1cc2c(Cl)c([Si]3(c4cccc5c(-c6cccc7ccccc67)c(C)cc-5c4Cl)c4ccccc4-c4ccccc43)cccc-2c1-c1cccc2ccccc12. The predicted octanol–water partition coefficient (Wildman–Crippen LogP) is 12.8. The second kappa shape index (κ2) is 13.0. The fourth-order valence-corrected chi connectivity index (χ4v) is 16.8. The molecule has 3 heteroatoms. The Kier molecular flexibility index (Phi) is 7.85. The van der Waals surface area contributed by atoms with Crippen molar-refractivity contribution in [2.75, 3.05) is 0 Å². The molecular formula is C54H36Cl2Si. The van der Waals surface area contributed by atoms with Crippen LogP contribution in [-0.2, 0) is 0 Å². The second-order valence-electron chi connectivity index (χ2n) is 15.5. The van der Waals surface area contributed by atoms with Crippen molar-refractivity contribution < 1.29 is 0 Å². The Morgan fingerprint density at radius 2 is 0.649 bits per heavy atom. The normalized spacial score (nSPS) is 13.1. The summed E-state index contributed by atoms with van der Waals surface area (Å²) in [6.45, 7) is 4.44. The summed E-state index contributed by atoms with van der Waals surface area (Å²) in [6, 6.07) is 66.6. The first-order valence-electron chi connectivity index (χ1n) is 19.6. The maximum Gasteiger partial charge on any atom is 0.183 e. The van der Waals surface area contributed by atoms with E-state index >= 15 is 0 Å². The molecule has 0 radical (unpaired) electrons. The highest BCUT2D eigenvalue weighted by molar-refractivity contribution is 7.23. The first-order chi connectivity index (χ1) is 28.0. The van der Waals surface area contributed by atoms with Crippen molar-refractivity contribution in [2.24, 2.45) is 0 Å². The van der Waals surface area contributed by atoms with Crippen LogP contribution in [0.5, 0.6) is 0 Å². The van der Waals surface area contributed by atoms with Gasteiger partial charge >= 0.3 is 0 Å². The van der Waals surface area contributed by atoms with E-state index in [-0.39, 0.29) is 0 Å². The minimum Gasteiger partial charge on any atom is -0.0837 e. The Bertz CT molecular complexity index is 2970. The van der Waals surface area contributed by atoms with Gasteiger partial charge in [-0.05, 0) is 124 Å². The molecule has 57 heavy (non-hydrogen) atoms. The third-order valence-electron chi connectivity index (χ3n) is 12.5. The van der Waals surface area contributed by atoms with Gasteiger partial charge in [-0.2, -0.15) is 0 Å². The molecule has 0 N–H and O–H groups in total. The van der Waals surface area contributed by atoms with Crippen LogP contribution in [0.15, 0.2) is 182 Å². The lowest BCUT2D eigenvalue weighted by Crippen LogP contribution is -2.73. The quantitative estimate of drug-likeness (QED) is 0.156. The molecule has 0 saturated heterocycles. The van der Waals surface area contributed by atoms with Gasteiger partial charge in [0.1, 0.15) is 0 Å². The van der Waals surface area contributed by atoms with Gasteiger partial charge in [0.05, 0.1) is 0 Å². The van der Waals surface area contributed by atoms with Crippen LogP contribution in [0.2, 0.25) is 10.0 Å². The smallest absolute Gasteiger partial charge is 0.0837 e. The van der Waals surface area contributed by atoms with Gasteiger partial charge in [-0.3, -0.25) is 0 Å². The number of benzene rings is 6. The third kappa shape index (κ3) is 4.87. The average Bonchev–Trinajstić information content (AvgIpc) is 3.78. The van der Waals surface area contributed by atoms with Crippen LogP contribution < -0.4 is 20.7 Å². The molecule has 6 aromatic carbocycles. The molecule has 0 amide bonds. The van der Waals surface area contributed by atoms with Crippen molar-refractivity contribution in [1.29, 1.82) is 0 Å². The van der Waals surface area contributed by atoms with Crippen LogP contribution in [-0.4, -0.2) is 8.07 Å². The zero-order valence-electron chi connectivity index (χ0n) is 31.6. The molecule has 0 unspecified atom stereocenters. The summed E-state index contributed by atoms with van der Waals surface area (Å²) >= 11 is 16.1. The monoisotopic (exact) mass is 782 g/mol. The van der Waals surface area contributed by atoms with Crippen molar-refractivity contribution in [3.8, 4) is 55.6 Å². The summed E-state index contributed by atoms with van der Waals surface area (Å²) in [5.41, 5.74) is 14.3. The van der Waals surface area contributed by atoms with Crippen molar-refractivity contribution >= 4 is 73.6 Å². The molecule has 4 aliphatic carbocycles. The molecule has 0 nitrogen and oxygen atoms in total. The summed E-state index contributed by atoms with van der Waals surface area (Å²) in [5, 5.41) is 11.4. The van der Waals surface area contributed by atoms with Gasteiger partial charge in [-0.1, -0.05) is 193 Å². The number of hydrogen-bond donors (Lipinski definition) is 0. The largest absolute Gasteiger partial charge is 0.183 e. The standard InChI is InChI=1S/C54H36Cl2Si/c1-33-31-45-43(51(33)41-23-11-17-35-15-3-5-19-37(35)41)25-13-29-49(53(45)55)57(47-27-9-7-21-39(47)40-22-8-10-28-48(40)57)50-30-14-26-44-46(54(50)56)32-34(2)52(44)42-24-12-18-36-16-4-6-20-38(36)42/h3-32H,1-2H3. The highest BCUT2D eigenvalue weighted by atomic mass is 35.5. The van der Waals surface area contributed by atoms with E-state index in [2.05, 4.69) is 196 Å². The topological polar surface area (TPSA) is 0 Å². The molecule has 1 aliphatic heterocycles. The molecular weight excluding hydrogens is 748 g/mol. The number of hydrogen-bond acceptors (Lipinski definition) is 0. The van der Waals surface area contributed by atoms with E-state index in [9.17, 15) is 0 Å². The van der Waals surface area contributed by atoms with E-state index in [1.54, 1.807) is 0 Å². The number of rotatable bonds is 4. The Balaban J connectivity index is 1.20. The summed E-state index contributed by atoms with van der Waals surface area (Å²) in [7, 11) is -3.18. The van der Waals surface area contributed by atoms with E-state index < -0.39 is 8.07 Å². The van der Waals surface area contributed by atoms with Gasteiger partial charge in [0.25, 0.3) is 0 Å². The average molecular weight is 784 g/mol. The van der Waals surface area contributed by atoms with Gasteiger partial charge in [-0.25, -0.2) is 0 Å². The van der Waals surface area contributed by atoms with Gasteiger partial charge in [0, 0.05) is 21.2 Å². The van der Waals surface area contributed by atoms with Crippen molar-refractivity contribution in [3.63, 3.8) is 0 Å². The van der Waals surface area contributed by atoms with E-state index in [1.807, 2.05) is 0 Å². The van der Waals surface area contributed by atoms with Crippen LogP contribution >= 0.6 is 23.2 Å². The molecule has 0 atom stereocenters. The fraction of sp³-hybridized carbons (Fsp3) is 0.0370. The van der Waals surface area contributed by atoms with Crippen LogP contribution in [0, 0.1) is 13.8 Å². The van der Waals surface area contributed by atoms with Crippen LogP contribution in [0.25, 0.3) is 77.2 Å². The number of aryl methyl sites for hydroxylation is 2.